The predicted octanol–water partition coefficient (Wildman–Crippen LogP) is 3.00. The lowest BCUT2D eigenvalue weighted by atomic mass is 9.87. The molecule has 0 saturated carbocycles. The second-order valence-electron chi connectivity index (χ2n) is 8.05. The quantitative estimate of drug-likeness (QED) is 0.257. The summed E-state index contributed by atoms with van der Waals surface area (Å²) in [5.74, 6) is 0.643. The molecule has 31 heavy (non-hydrogen) atoms. The maximum atomic E-state index is 12.1. The van der Waals surface area contributed by atoms with Crippen LogP contribution in [0.5, 0.6) is 5.75 Å². The van der Waals surface area contributed by atoms with Crippen molar-refractivity contribution in [2.24, 2.45) is 5.10 Å². The van der Waals surface area contributed by atoms with E-state index in [-0.39, 0.29) is 22.8 Å². The van der Waals surface area contributed by atoms with Gasteiger partial charge in [0.15, 0.2) is 0 Å². The molecular formula is C23H27N5O2S. The number of rotatable bonds is 7. The summed E-state index contributed by atoms with van der Waals surface area (Å²) >= 11 is 1.32. The lowest BCUT2D eigenvalue weighted by Gasteiger charge is -2.18. The van der Waals surface area contributed by atoms with Gasteiger partial charge in [-0.15, -0.1) is 5.10 Å². The number of hydrazone groups is 1. The summed E-state index contributed by atoms with van der Waals surface area (Å²) in [6, 6.07) is 15.0. The van der Waals surface area contributed by atoms with Crippen LogP contribution in [0.4, 0.5) is 0 Å². The third kappa shape index (κ3) is 5.73. The number of hydrogen-bond acceptors (Lipinski definition) is 5. The van der Waals surface area contributed by atoms with Gasteiger partial charge in [-0.3, -0.25) is 4.79 Å². The molecule has 8 heteroatoms. The lowest BCUT2D eigenvalue weighted by molar-refractivity contribution is -0.719. The summed E-state index contributed by atoms with van der Waals surface area (Å²) in [6.07, 6.45) is 1.35. The van der Waals surface area contributed by atoms with Gasteiger partial charge in [0.05, 0.1) is 29.2 Å². The van der Waals surface area contributed by atoms with Crippen molar-refractivity contribution >= 4 is 23.9 Å². The van der Waals surface area contributed by atoms with E-state index < -0.39 is 0 Å². The maximum absolute atomic E-state index is 12.1. The molecule has 7 nitrogen and oxygen atoms in total. The van der Waals surface area contributed by atoms with Gasteiger partial charge < -0.3 is 5.11 Å². The Hall–Kier alpha value is -3.13. The maximum Gasteiger partial charge on any atom is 0.337 e. The summed E-state index contributed by atoms with van der Waals surface area (Å²) in [4.78, 5) is 12.1. The molecule has 1 amide bonds. The zero-order valence-corrected chi connectivity index (χ0v) is 19.0. The van der Waals surface area contributed by atoms with Crippen molar-refractivity contribution < 1.29 is 14.5 Å². The van der Waals surface area contributed by atoms with Crippen molar-refractivity contribution in [3.05, 3.63) is 59.7 Å². The molecule has 0 aliphatic heterocycles. The molecule has 0 atom stereocenters. The van der Waals surface area contributed by atoms with Gasteiger partial charge in [0.2, 0.25) is 0 Å². The van der Waals surface area contributed by atoms with Gasteiger partial charge >= 0.3 is 5.16 Å². The van der Waals surface area contributed by atoms with E-state index in [2.05, 4.69) is 65.8 Å². The molecular weight excluding hydrogens is 410 g/mol. The minimum Gasteiger partial charge on any atom is -0.872 e. The van der Waals surface area contributed by atoms with E-state index >= 15 is 0 Å². The second kappa shape index (κ2) is 9.78. The van der Waals surface area contributed by atoms with Crippen molar-refractivity contribution in [2.75, 3.05) is 5.75 Å². The van der Waals surface area contributed by atoms with E-state index in [1.807, 2.05) is 11.5 Å². The largest absolute Gasteiger partial charge is 0.872 e. The Balaban J connectivity index is 1.63. The van der Waals surface area contributed by atoms with Crippen LogP contribution in [0.1, 0.15) is 38.8 Å². The Morgan fingerprint density at radius 1 is 1.23 bits per heavy atom. The Morgan fingerprint density at radius 2 is 1.94 bits per heavy atom. The van der Waals surface area contributed by atoms with Crippen molar-refractivity contribution in [1.82, 2.24) is 15.6 Å². The van der Waals surface area contributed by atoms with E-state index in [0.29, 0.717) is 5.56 Å². The van der Waals surface area contributed by atoms with Crippen LogP contribution < -0.4 is 15.1 Å². The molecule has 1 heterocycles. The fraction of sp³-hybridized carbons (Fsp3) is 0.304. The van der Waals surface area contributed by atoms with Gasteiger partial charge in [0.1, 0.15) is 0 Å². The molecule has 0 radical (unpaired) electrons. The van der Waals surface area contributed by atoms with Gasteiger partial charge in [-0.2, -0.15) is 5.10 Å². The van der Waals surface area contributed by atoms with E-state index in [4.69, 9.17) is 0 Å². The van der Waals surface area contributed by atoms with Crippen molar-refractivity contribution in [2.45, 2.75) is 44.8 Å². The first kappa shape index (κ1) is 22.6. The molecule has 0 bridgehead atoms. The normalized spacial score (nSPS) is 11.7. The minimum absolute atomic E-state index is 0.0971. The molecule has 0 fully saturated rings. The number of aromatic amines is 1. The van der Waals surface area contributed by atoms with Crippen LogP contribution >= 0.6 is 11.8 Å². The van der Waals surface area contributed by atoms with Gasteiger partial charge in [0, 0.05) is 0 Å². The molecule has 0 saturated heterocycles. The summed E-state index contributed by atoms with van der Waals surface area (Å²) in [6.45, 7) is 9.32. The number of hydrogen-bond donors (Lipinski definition) is 2. The average molecular weight is 438 g/mol. The van der Waals surface area contributed by atoms with Crippen molar-refractivity contribution in [1.29, 1.82) is 0 Å². The number of H-pyrrole nitrogens is 1. The fourth-order valence-corrected chi connectivity index (χ4v) is 3.80. The molecule has 0 spiro atoms. The number of thioether (sulfide) groups is 1. The van der Waals surface area contributed by atoms with E-state index in [1.165, 1.54) is 29.6 Å². The van der Waals surface area contributed by atoms with Crippen LogP contribution in [0.3, 0.4) is 0 Å². The second-order valence-corrected chi connectivity index (χ2v) is 8.99. The first-order chi connectivity index (χ1) is 14.8. The number of carbonyl (C=O) groups excluding carboxylic acids is 1. The first-order valence-electron chi connectivity index (χ1n) is 10.1. The van der Waals surface area contributed by atoms with Gasteiger partial charge in [-0.1, -0.05) is 62.9 Å². The van der Waals surface area contributed by atoms with E-state index in [0.717, 1.165) is 23.1 Å². The molecule has 3 aromatic rings. The topological polar surface area (TPSA) is 97.1 Å². The summed E-state index contributed by atoms with van der Waals surface area (Å²) in [5, 5.41) is 23.7. The highest BCUT2D eigenvalue weighted by molar-refractivity contribution is 7.99. The third-order valence-electron chi connectivity index (χ3n) is 4.74. The zero-order chi connectivity index (χ0) is 22.4. The molecule has 2 aromatic carbocycles. The van der Waals surface area contributed by atoms with Gasteiger partial charge in [0.25, 0.3) is 11.7 Å². The monoisotopic (exact) mass is 437 g/mol. The molecule has 0 unspecified atom stereocenters. The van der Waals surface area contributed by atoms with Crippen LogP contribution in [0.15, 0.2) is 58.8 Å². The number of carbonyl (C=O) groups is 1. The Kier molecular flexibility index (Phi) is 7.12. The molecule has 0 aliphatic rings. The fourth-order valence-electron chi connectivity index (χ4n) is 2.99. The van der Waals surface area contributed by atoms with Crippen LogP contribution in [0, 0.1) is 0 Å². The smallest absolute Gasteiger partial charge is 0.337 e. The van der Waals surface area contributed by atoms with Crippen LogP contribution in [-0.4, -0.2) is 28.1 Å². The molecule has 2 N–H and O–H groups in total. The highest BCUT2D eigenvalue weighted by atomic mass is 32.2. The first-order valence-corrected chi connectivity index (χ1v) is 11.1. The van der Waals surface area contributed by atoms with E-state index in [1.54, 1.807) is 18.2 Å². The van der Waals surface area contributed by atoms with Crippen molar-refractivity contribution in [3.8, 4) is 17.1 Å². The van der Waals surface area contributed by atoms with E-state index in [9.17, 15) is 9.90 Å². The summed E-state index contributed by atoms with van der Waals surface area (Å²) in [7, 11) is 0. The number of benzene rings is 2. The summed E-state index contributed by atoms with van der Waals surface area (Å²) < 4.78 is 2.04. The van der Waals surface area contributed by atoms with Crippen molar-refractivity contribution in [3.63, 3.8) is 0 Å². The van der Waals surface area contributed by atoms with Crippen LogP contribution in [-0.2, 0) is 16.8 Å². The predicted molar refractivity (Wildman–Crippen MR) is 121 cm³/mol. The van der Waals surface area contributed by atoms with Gasteiger partial charge in [-0.25, -0.2) is 9.99 Å². The molecule has 0 aliphatic carbocycles. The number of nitrogens with one attached hydrogen (secondary N) is 2. The van der Waals surface area contributed by atoms with Gasteiger partial charge in [-0.05, 0) is 47.4 Å². The minimum atomic E-state index is -0.272. The Morgan fingerprint density at radius 3 is 2.58 bits per heavy atom. The zero-order valence-electron chi connectivity index (χ0n) is 18.2. The highest BCUT2D eigenvalue weighted by Crippen LogP contribution is 2.25. The highest BCUT2D eigenvalue weighted by Gasteiger charge is 2.22. The third-order valence-corrected chi connectivity index (χ3v) is 5.72. The number of para-hydroxylation sites is 1. The number of amides is 1. The summed E-state index contributed by atoms with van der Waals surface area (Å²) in [5.41, 5.74) is 5.28. The average Bonchev–Trinajstić information content (AvgIpc) is 3.16. The SMILES string of the molecule is CC[n+]1c(SCC(=O)N/N=C/c2ccccc2[O-])n[nH]c1-c1ccc(C(C)(C)C)cc1. The number of nitrogens with zero attached hydrogens (tertiary/aromatic N) is 3. The Bertz CT molecular complexity index is 1070. The Labute approximate surface area is 186 Å². The molecule has 1 aromatic heterocycles. The van der Waals surface area contributed by atoms with Crippen LogP contribution in [0.25, 0.3) is 11.4 Å². The molecule has 3 rings (SSSR count). The van der Waals surface area contributed by atoms with Crippen LogP contribution in [0.2, 0.25) is 0 Å². The number of aromatic nitrogens is 3. The lowest BCUT2D eigenvalue weighted by Crippen LogP contribution is -2.36. The standard InChI is InChI=1S/C23H27N5O2S/c1-5-28-21(16-10-12-18(13-11-16)23(2,3)4)26-27-22(28)31-15-20(30)25-24-14-17-8-6-7-9-19(17)29/h6-14H,5,15H2,1-4H3,(H2,24,25,29,30). The molecule has 162 valence electrons.